The van der Waals surface area contributed by atoms with Crippen molar-refractivity contribution < 1.29 is 22.0 Å². The van der Waals surface area contributed by atoms with Crippen LogP contribution in [0.25, 0.3) is 33.0 Å². The maximum absolute atomic E-state index is 15.0. The van der Waals surface area contributed by atoms with Crippen LogP contribution in [0.5, 0.6) is 0 Å². The third-order valence-corrected chi connectivity index (χ3v) is 6.17. The van der Waals surface area contributed by atoms with Crippen molar-refractivity contribution in [2.75, 3.05) is 0 Å². The van der Waals surface area contributed by atoms with Gasteiger partial charge in [-0.05, 0) is 59.2 Å². The fraction of sp³-hybridized carbons (Fsp3) is 0.241. The zero-order valence-electron chi connectivity index (χ0n) is 18.9. The van der Waals surface area contributed by atoms with Crippen LogP contribution in [0.2, 0.25) is 0 Å². The Kier molecular flexibility index (Phi) is 7.30. The molecule has 0 heterocycles. The summed E-state index contributed by atoms with van der Waals surface area (Å²) in [6, 6.07) is 14.4. The second-order valence-corrected chi connectivity index (χ2v) is 8.60. The summed E-state index contributed by atoms with van der Waals surface area (Å²) < 4.78 is 70.8. The van der Waals surface area contributed by atoms with Gasteiger partial charge in [-0.25, -0.2) is 22.0 Å². The molecule has 0 atom stereocenters. The van der Waals surface area contributed by atoms with E-state index >= 15 is 0 Å². The highest BCUT2D eigenvalue weighted by molar-refractivity contribution is 5.88. The first-order chi connectivity index (χ1) is 16.4. The highest BCUT2D eigenvalue weighted by Crippen LogP contribution is 2.33. The standard InChI is InChI=1S/C29H25F5/c1-2-3-4-5-6-7-18-8-11-22(25(30)14-18)20-9-12-23(26(31)16-20)19-10-13-24-21(15-19)17-27(32)29(34)28(24)33/h8-17H,2-7H2,1H3. The Morgan fingerprint density at radius 3 is 1.91 bits per heavy atom. The third kappa shape index (κ3) is 4.98. The van der Waals surface area contributed by atoms with Gasteiger partial charge in [0.25, 0.3) is 0 Å². The molecular weight excluding hydrogens is 443 g/mol. The SMILES string of the molecule is CCCCCCCc1ccc(-c2ccc(-c3ccc4c(F)c(F)c(F)cc4c3)c(F)c2)c(F)c1. The van der Waals surface area contributed by atoms with Gasteiger partial charge < -0.3 is 0 Å². The topological polar surface area (TPSA) is 0 Å². The molecule has 0 aliphatic heterocycles. The van der Waals surface area contributed by atoms with Gasteiger partial charge in [-0.2, -0.15) is 0 Å². The third-order valence-electron chi connectivity index (χ3n) is 6.17. The Labute approximate surface area is 196 Å². The molecule has 0 amide bonds. The first-order valence-electron chi connectivity index (χ1n) is 11.5. The lowest BCUT2D eigenvalue weighted by molar-refractivity contribution is 0.453. The second-order valence-electron chi connectivity index (χ2n) is 8.60. The zero-order chi connectivity index (χ0) is 24.2. The van der Waals surface area contributed by atoms with E-state index in [9.17, 15) is 22.0 Å². The summed E-state index contributed by atoms with van der Waals surface area (Å²) >= 11 is 0. The van der Waals surface area contributed by atoms with E-state index in [2.05, 4.69) is 6.92 Å². The first-order valence-corrected chi connectivity index (χ1v) is 11.5. The van der Waals surface area contributed by atoms with E-state index in [0.29, 0.717) is 16.7 Å². The van der Waals surface area contributed by atoms with Crippen LogP contribution in [-0.4, -0.2) is 0 Å². The van der Waals surface area contributed by atoms with Gasteiger partial charge in [0.15, 0.2) is 17.5 Å². The summed E-state index contributed by atoms with van der Waals surface area (Å²) in [5.74, 6) is -5.13. The molecule has 0 aromatic heterocycles. The fourth-order valence-corrected chi connectivity index (χ4v) is 4.27. The average Bonchev–Trinajstić information content (AvgIpc) is 2.82. The van der Waals surface area contributed by atoms with Crippen LogP contribution in [0.1, 0.15) is 44.6 Å². The van der Waals surface area contributed by atoms with Crippen molar-refractivity contribution >= 4 is 10.8 Å². The molecule has 0 bridgehead atoms. The smallest absolute Gasteiger partial charge is 0.195 e. The monoisotopic (exact) mass is 468 g/mol. The summed E-state index contributed by atoms with van der Waals surface area (Å²) in [4.78, 5) is 0. The quantitative estimate of drug-likeness (QED) is 0.137. The number of fused-ring (bicyclic) bond motifs is 1. The van der Waals surface area contributed by atoms with Crippen LogP contribution in [0.3, 0.4) is 0 Å². The molecule has 0 spiro atoms. The number of benzene rings is 4. The Balaban J connectivity index is 1.57. The summed E-state index contributed by atoms with van der Waals surface area (Å²) in [6.07, 6.45) is 6.50. The maximum Gasteiger partial charge on any atom is 0.195 e. The predicted molar refractivity (Wildman–Crippen MR) is 127 cm³/mol. The van der Waals surface area contributed by atoms with Gasteiger partial charge in [0.1, 0.15) is 11.6 Å². The molecule has 4 aromatic carbocycles. The lowest BCUT2D eigenvalue weighted by Crippen LogP contribution is -1.94. The van der Waals surface area contributed by atoms with Gasteiger partial charge in [-0.3, -0.25) is 0 Å². The molecule has 0 N–H and O–H groups in total. The number of hydrogen-bond donors (Lipinski definition) is 0. The van der Waals surface area contributed by atoms with Crippen molar-refractivity contribution in [1.82, 2.24) is 0 Å². The van der Waals surface area contributed by atoms with Gasteiger partial charge in [0.2, 0.25) is 0 Å². The molecule has 0 aliphatic rings. The van der Waals surface area contributed by atoms with Crippen molar-refractivity contribution in [2.45, 2.75) is 45.4 Å². The first kappa shape index (κ1) is 23.9. The molecule has 0 radical (unpaired) electrons. The minimum Gasteiger partial charge on any atom is -0.206 e. The second kappa shape index (κ2) is 10.4. The van der Waals surface area contributed by atoms with Crippen LogP contribution >= 0.6 is 0 Å². The Morgan fingerprint density at radius 1 is 0.559 bits per heavy atom. The average molecular weight is 469 g/mol. The Morgan fingerprint density at radius 2 is 1.21 bits per heavy atom. The van der Waals surface area contributed by atoms with Gasteiger partial charge in [0.05, 0.1) is 0 Å². The van der Waals surface area contributed by atoms with Gasteiger partial charge in [0, 0.05) is 16.5 Å². The molecule has 0 unspecified atom stereocenters. The van der Waals surface area contributed by atoms with Gasteiger partial charge in [-0.15, -0.1) is 0 Å². The summed E-state index contributed by atoms with van der Waals surface area (Å²) in [6.45, 7) is 2.16. The molecule has 0 aliphatic carbocycles. The molecule has 0 fully saturated rings. The van der Waals surface area contributed by atoms with E-state index in [1.807, 2.05) is 6.07 Å². The summed E-state index contributed by atoms with van der Waals surface area (Å²) in [5, 5.41) is 0.0286. The van der Waals surface area contributed by atoms with Crippen molar-refractivity contribution in [3.05, 3.63) is 95.3 Å². The van der Waals surface area contributed by atoms with Crippen molar-refractivity contribution in [3.8, 4) is 22.3 Å². The van der Waals surface area contributed by atoms with E-state index in [1.54, 1.807) is 12.1 Å². The zero-order valence-corrected chi connectivity index (χ0v) is 18.9. The predicted octanol–water partition coefficient (Wildman–Crippen LogP) is 9.38. The molecule has 0 saturated carbocycles. The molecule has 4 rings (SSSR count). The Bertz CT molecular complexity index is 1330. The highest BCUT2D eigenvalue weighted by Gasteiger charge is 2.16. The minimum absolute atomic E-state index is 0.0906. The molecular formula is C29H25F5. The van der Waals surface area contributed by atoms with E-state index in [-0.39, 0.29) is 16.3 Å². The van der Waals surface area contributed by atoms with Crippen LogP contribution in [0.4, 0.5) is 22.0 Å². The molecule has 4 aromatic rings. The van der Waals surface area contributed by atoms with Crippen molar-refractivity contribution in [2.24, 2.45) is 0 Å². The van der Waals surface area contributed by atoms with Crippen molar-refractivity contribution in [1.29, 1.82) is 0 Å². The molecule has 176 valence electrons. The van der Waals surface area contributed by atoms with Crippen LogP contribution in [-0.2, 0) is 6.42 Å². The fourth-order valence-electron chi connectivity index (χ4n) is 4.27. The number of unbranched alkanes of at least 4 members (excludes halogenated alkanes) is 4. The van der Waals surface area contributed by atoms with E-state index < -0.39 is 29.1 Å². The van der Waals surface area contributed by atoms with Crippen molar-refractivity contribution in [3.63, 3.8) is 0 Å². The maximum atomic E-state index is 15.0. The van der Waals surface area contributed by atoms with E-state index in [0.717, 1.165) is 30.9 Å². The number of halogens is 5. The minimum atomic E-state index is -1.54. The van der Waals surface area contributed by atoms with E-state index in [4.69, 9.17) is 0 Å². The molecule has 0 saturated heterocycles. The highest BCUT2D eigenvalue weighted by atomic mass is 19.2. The summed E-state index contributed by atoms with van der Waals surface area (Å²) in [5.41, 5.74) is 2.19. The number of aryl methyl sites for hydroxylation is 1. The molecule has 0 nitrogen and oxygen atoms in total. The van der Waals surface area contributed by atoms with Crippen LogP contribution in [0, 0.1) is 29.1 Å². The van der Waals surface area contributed by atoms with E-state index in [1.165, 1.54) is 55.7 Å². The molecule has 5 heteroatoms. The Hall–Kier alpha value is -3.21. The van der Waals surface area contributed by atoms with Gasteiger partial charge in [-0.1, -0.05) is 69.0 Å². The lowest BCUT2D eigenvalue weighted by Gasteiger charge is -2.10. The number of hydrogen-bond acceptors (Lipinski definition) is 0. The lowest BCUT2D eigenvalue weighted by atomic mass is 9.96. The largest absolute Gasteiger partial charge is 0.206 e. The normalized spacial score (nSPS) is 11.4. The van der Waals surface area contributed by atoms with Crippen LogP contribution in [0.15, 0.2) is 60.7 Å². The molecule has 34 heavy (non-hydrogen) atoms. The summed E-state index contributed by atoms with van der Waals surface area (Å²) in [7, 11) is 0. The van der Waals surface area contributed by atoms with Gasteiger partial charge >= 0.3 is 0 Å². The number of rotatable bonds is 8. The van der Waals surface area contributed by atoms with Crippen LogP contribution < -0.4 is 0 Å².